The lowest BCUT2D eigenvalue weighted by Crippen LogP contribution is -2.11. The normalized spacial score (nSPS) is 10.5. The van der Waals surface area contributed by atoms with Crippen LogP contribution >= 0.6 is 0 Å². The first-order valence-corrected chi connectivity index (χ1v) is 3.96. The predicted octanol–water partition coefficient (Wildman–Crippen LogP) is 0.927. The molecule has 0 radical (unpaired) electrons. The van der Waals surface area contributed by atoms with Crippen LogP contribution in [-0.2, 0) is 0 Å². The van der Waals surface area contributed by atoms with Gasteiger partial charge in [-0.25, -0.2) is 4.98 Å². The summed E-state index contributed by atoms with van der Waals surface area (Å²) in [5.41, 5.74) is 8.10. The Bertz CT molecular complexity index is 469. The molecule has 3 N–H and O–H groups in total. The molecule has 0 atom stereocenters. The number of nitrogens with one attached hydrogen (secondary N) is 1. The Morgan fingerprint density at radius 1 is 1.54 bits per heavy atom. The van der Waals surface area contributed by atoms with Crippen molar-refractivity contribution in [1.82, 2.24) is 9.38 Å². The number of aromatic nitrogens is 2. The van der Waals surface area contributed by atoms with Gasteiger partial charge in [0.1, 0.15) is 5.84 Å². The molecule has 66 valence electrons. The number of hydrogen-bond acceptors (Lipinski definition) is 2. The Balaban J connectivity index is 2.70. The van der Waals surface area contributed by atoms with Crippen molar-refractivity contribution in [2.75, 3.05) is 0 Å². The minimum Gasteiger partial charge on any atom is -0.384 e. The summed E-state index contributed by atoms with van der Waals surface area (Å²) in [6.45, 7) is 1.95. The second kappa shape index (κ2) is 2.58. The van der Waals surface area contributed by atoms with Gasteiger partial charge in [0.15, 0.2) is 0 Å². The van der Waals surface area contributed by atoms with E-state index in [9.17, 15) is 0 Å². The third-order valence-corrected chi connectivity index (χ3v) is 2.03. The Hall–Kier alpha value is -1.84. The Morgan fingerprint density at radius 3 is 3.00 bits per heavy atom. The van der Waals surface area contributed by atoms with Crippen LogP contribution in [-0.4, -0.2) is 15.2 Å². The van der Waals surface area contributed by atoms with Crippen LogP contribution in [0.3, 0.4) is 0 Å². The van der Waals surface area contributed by atoms with Crippen molar-refractivity contribution in [2.45, 2.75) is 6.92 Å². The molecule has 4 nitrogen and oxygen atoms in total. The number of hydrogen-bond donors (Lipinski definition) is 2. The minimum absolute atomic E-state index is 0.0771. The Kier molecular flexibility index (Phi) is 1.55. The first kappa shape index (κ1) is 7.79. The second-order valence-electron chi connectivity index (χ2n) is 2.95. The zero-order valence-corrected chi connectivity index (χ0v) is 7.28. The van der Waals surface area contributed by atoms with E-state index in [1.54, 1.807) is 12.5 Å². The van der Waals surface area contributed by atoms with Crippen molar-refractivity contribution < 1.29 is 0 Å². The molecule has 0 bridgehead atoms. The van der Waals surface area contributed by atoms with E-state index in [0.29, 0.717) is 5.56 Å². The molecule has 0 aliphatic heterocycles. The van der Waals surface area contributed by atoms with E-state index in [4.69, 9.17) is 11.1 Å². The molecule has 2 heterocycles. The van der Waals surface area contributed by atoms with Gasteiger partial charge < -0.3 is 10.1 Å². The maximum Gasteiger partial charge on any atom is 0.124 e. The molecule has 0 unspecified atom stereocenters. The highest BCUT2D eigenvalue weighted by atomic mass is 15.0. The fraction of sp³-hybridized carbons (Fsp3) is 0.111. The Morgan fingerprint density at radius 2 is 2.31 bits per heavy atom. The third kappa shape index (κ3) is 1.16. The molecule has 0 aliphatic rings. The molecule has 0 aromatic carbocycles. The molecule has 0 aliphatic carbocycles. The first-order valence-electron chi connectivity index (χ1n) is 3.96. The quantitative estimate of drug-likeness (QED) is 0.498. The second-order valence-corrected chi connectivity index (χ2v) is 2.95. The van der Waals surface area contributed by atoms with E-state index in [1.165, 1.54) is 0 Å². The van der Waals surface area contributed by atoms with Crippen LogP contribution in [0.4, 0.5) is 0 Å². The number of nitrogen functional groups attached to an aromatic ring is 1. The smallest absolute Gasteiger partial charge is 0.124 e. The summed E-state index contributed by atoms with van der Waals surface area (Å²) < 4.78 is 1.87. The maximum atomic E-state index is 7.26. The van der Waals surface area contributed by atoms with Crippen molar-refractivity contribution in [3.8, 4) is 0 Å². The molecule has 2 aromatic rings. The van der Waals surface area contributed by atoms with Crippen LogP contribution in [0, 0.1) is 12.3 Å². The molecule has 2 rings (SSSR count). The predicted molar refractivity (Wildman–Crippen MR) is 50.9 cm³/mol. The van der Waals surface area contributed by atoms with Gasteiger partial charge in [0.2, 0.25) is 0 Å². The van der Waals surface area contributed by atoms with Gasteiger partial charge in [-0.15, -0.1) is 0 Å². The van der Waals surface area contributed by atoms with Gasteiger partial charge in [-0.05, 0) is 19.1 Å². The molecule has 0 fully saturated rings. The van der Waals surface area contributed by atoms with E-state index in [2.05, 4.69) is 4.98 Å². The highest BCUT2D eigenvalue weighted by molar-refractivity contribution is 5.94. The minimum atomic E-state index is 0.0771. The molecule has 13 heavy (non-hydrogen) atoms. The van der Waals surface area contributed by atoms with Gasteiger partial charge in [0.25, 0.3) is 0 Å². The molecular weight excluding hydrogens is 164 g/mol. The fourth-order valence-electron chi connectivity index (χ4n) is 1.29. The topological polar surface area (TPSA) is 67.2 Å². The highest BCUT2D eigenvalue weighted by Gasteiger charge is 2.01. The highest BCUT2D eigenvalue weighted by Crippen LogP contribution is 2.09. The lowest BCUT2D eigenvalue weighted by Gasteiger charge is -1.99. The van der Waals surface area contributed by atoms with Gasteiger partial charge in [-0.3, -0.25) is 5.41 Å². The number of nitrogens with zero attached hydrogens (tertiary/aromatic N) is 2. The molecule has 0 amide bonds. The van der Waals surface area contributed by atoms with E-state index in [0.717, 1.165) is 11.2 Å². The third-order valence-electron chi connectivity index (χ3n) is 2.03. The van der Waals surface area contributed by atoms with Gasteiger partial charge in [-0.1, -0.05) is 0 Å². The molecule has 4 heteroatoms. The first-order chi connectivity index (χ1) is 6.18. The van der Waals surface area contributed by atoms with Gasteiger partial charge in [-0.2, -0.15) is 0 Å². The number of rotatable bonds is 1. The van der Waals surface area contributed by atoms with Gasteiger partial charge in [0, 0.05) is 11.8 Å². The van der Waals surface area contributed by atoms with Crippen LogP contribution in [0.15, 0.2) is 24.7 Å². The van der Waals surface area contributed by atoms with Gasteiger partial charge >= 0.3 is 0 Å². The number of fused-ring (bicyclic) bond motifs is 1. The van der Waals surface area contributed by atoms with Crippen LogP contribution in [0.1, 0.15) is 11.3 Å². The van der Waals surface area contributed by atoms with Crippen molar-refractivity contribution in [1.29, 1.82) is 5.41 Å². The van der Waals surface area contributed by atoms with E-state index < -0.39 is 0 Å². The molecule has 0 saturated carbocycles. The van der Waals surface area contributed by atoms with Crippen LogP contribution in [0.25, 0.3) is 5.52 Å². The van der Waals surface area contributed by atoms with Crippen LogP contribution < -0.4 is 5.73 Å². The largest absolute Gasteiger partial charge is 0.384 e. The summed E-state index contributed by atoms with van der Waals surface area (Å²) in [5.74, 6) is 0.0771. The van der Waals surface area contributed by atoms with Crippen molar-refractivity contribution in [2.24, 2.45) is 5.73 Å². The lowest BCUT2D eigenvalue weighted by atomic mass is 10.2. The number of nitrogens with two attached hydrogens (primary N) is 1. The van der Waals surface area contributed by atoms with Crippen molar-refractivity contribution in [3.63, 3.8) is 0 Å². The lowest BCUT2D eigenvalue weighted by molar-refractivity contribution is 1.14. The Labute approximate surface area is 75.5 Å². The van der Waals surface area contributed by atoms with E-state index >= 15 is 0 Å². The number of aryl methyl sites for hydroxylation is 1. The van der Waals surface area contributed by atoms with E-state index in [1.807, 2.05) is 23.5 Å². The summed E-state index contributed by atoms with van der Waals surface area (Å²) in [7, 11) is 0. The monoisotopic (exact) mass is 174 g/mol. The zero-order chi connectivity index (χ0) is 9.42. The van der Waals surface area contributed by atoms with Crippen LogP contribution in [0.2, 0.25) is 0 Å². The SMILES string of the molecule is Cc1ncn2cc(C(=N)N)ccc12. The molecule has 0 spiro atoms. The fourth-order valence-corrected chi connectivity index (χ4v) is 1.29. The molecular formula is C9H10N4. The maximum absolute atomic E-state index is 7.26. The summed E-state index contributed by atoms with van der Waals surface area (Å²) >= 11 is 0. The van der Waals surface area contributed by atoms with Crippen molar-refractivity contribution in [3.05, 3.63) is 35.9 Å². The summed E-state index contributed by atoms with van der Waals surface area (Å²) in [4.78, 5) is 4.15. The molecule has 0 saturated heterocycles. The average molecular weight is 174 g/mol. The summed E-state index contributed by atoms with van der Waals surface area (Å²) in [6, 6.07) is 3.74. The zero-order valence-electron chi connectivity index (χ0n) is 7.28. The van der Waals surface area contributed by atoms with Gasteiger partial charge in [0.05, 0.1) is 17.5 Å². The summed E-state index contributed by atoms with van der Waals surface area (Å²) in [5, 5.41) is 7.26. The standard InChI is InChI=1S/C9H10N4/c1-6-8-3-2-7(9(10)11)4-13(8)5-12-6/h2-5H,1H3,(H3,10,11). The summed E-state index contributed by atoms with van der Waals surface area (Å²) in [6.07, 6.45) is 3.52. The van der Waals surface area contributed by atoms with E-state index in [-0.39, 0.29) is 5.84 Å². The van der Waals surface area contributed by atoms with Crippen LogP contribution in [0.5, 0.6) is 0 Å². The average Bonchev–Trinajstić information content (AvgIpc) is 2.47. The number of amidine groups is 1. The van der Waals surface area contributed by atoms with Crippen molar-refractivity contribution >= 4 is 11.4 Å². The number of pyridine rings is 1. The number of imidazole rings is 1. The molecule has 2 aromatic heterocycles.